The summed E-state index contributed by atoms with van der Waals surface area (Å²) in [5.74, 6) is -0.0108. The normalized spacial score (nSPS) is 11.1. The van der Waals surface area contributed by atoms with Crippen LogP contribution in [0.2, 0.25) is 0 Å². The Morgan fingerprint density at radius 1 is 1.12 bits per heavy atom. The second-order valence-electron chi connectivity index (χ2n) is 5.55. The van der Waals surface area contributed by atoms with Gasteiger partial charge in [0.2, 0.25) is 0 Å². The van der Waals surface area contributed by atoms with Gasteiger partial charge in [-0.05, 0) is 37.6 Å². The first-order valence-corrected chi connectivity index (χ1v) is 9.16. The fourth-order valence-electron chi connectivity index (χ4n) is 2.30. The molecule has 0 spiro atoms. The fourth-order valence-corrected chi connectivity index (χ4v) is 3.71. The van der Waals surface area contributed by atoms with Gasteiger partial charge in [0.15, 0.2) is 5.78 Å². The summed E-state index contributed by atoms with van der Waals surface area (Å²) in [4.78, 5) is 17.7. The number of nitrogens with zero attached hydrogens (tertiary/aromatic N) is 1. The van der Waals surface area contributed by atoms with Crippen LogP contribution in [-0.4, -0.2) is 10.8 Å². The highest BCUT2D eigenvalue weighted by Gasteiger charge is 2.14. The molecular weight excluding hydrogens is 382 g/mol. The van der Waals surface area contributed by atoms with Gasteiger partial charge in [-0.15, -0.1) is 11.3 Å². The zero-order valence-corrected chi connectivity index (χ0v) is 15.8. The Labute approximate surface area is 154 Å². The molecule has 3 rings (SSSR count). The molecule has 1 aromatic heterocycles. The number of allylic oxidation sites excluding steroid dienone is 1. The molecule has 0 saturated carbocycles. The van der Waals surface area contributed by atoms with Gasteiger partial charge < -0.3 is 0 Å². The lowest BCUT2D eigenvalue weighted by Crippen LogP contribution is -1.93. The molecule has 2 nitrogen and oxygen atoms in total. The van der Waals surface area contributed by atoms with Crippen LogP contribution < -0.4 is 0 Å². The number of thiazole rings is 1. The predicted octanol–water partition coefficient (Wildman–Crippen LogP) is 6.09. The average Bonchev–Trinajstić information content (AvgIpc) is 2.95. The van der Waals surface area contributed by atoms with Crippen molar-refractivity contribution in [2.45, 2.75) is 13.8 Å². The van der Waals surface area contributed by atoms with Gasteiger partial charge in [-0.1, -0.05) is 64.0 Å². The Morgan fingerprint density at radius 3 is 2.58 bits per heavy atom. The van der Waals surface area contributed by atoms with Gasteiger partial charge in [-0.3, -0.25) is 4.79 Å². The maximum Gasteiger partial charge on any atom is 0.197 e. The molecule has 0 unspecified atom stereocenters. The Balaban J connectivity index is 1.84. The minimum atomic E-state index is -0.0108. The first kappa shape index (κ1) is 16.8. The number of rotatable bonds is 4. The van der Waals surface area contributed by atoms with Crippen molar-refractivity contribution in [2.24, 2.45) is 0 Å². The molecular formula is C20H16BrNOS. The SMILES string of the molecule is Cc1ccc(-c2nc(C)c(C(=O)/C=C/c3cccc(Br)c3)s2)cc1. The van der Waals surface area contributed by atoms with Crippen LogP contribution in [0.4, 0.5) is 0 Å². The van der Waals surface area contributed by atoms with E-state index in [9.17, 15) is 4.79 Å². The summed E-state index contributed by atoms with van der Waals surface area (Å²) in [6.07, 6.45) is 3.44. The summed E-state index contributed by atoms with van der Waals surface area (Å²) in [5.41, 5.74) is 4.02. The van der Waals surface area contributed by atoms with Crippen molar-refractivity contribution in [2.75, 3.05) is 0 Å². The molecule has 0 aliphatic rings. The highest BCUT2D eigenvalue weighted by atomic mass is 79.9. The molecule has 3 aromatic rings. The van der Waals surface area contributed by atoms with E-state index in [1.165, 1.54) is 16.9 Å². The number of halogens is 1. The Bertz CT molecular complexity index is 910. The van der Waals surface area contributed by atoms with Crippen LogP contribution in [0.1, 0.15) is 26.5 Å². The molecule has 0 amide bonds. The summed E-state index contributed by atoms with van der Waals surface area (Å²) >= 11 is 4.88. The summed E-state index contributed by atoms with van der Waals surface area (Å²) in [6.45, 7) is 3.94. The molecule has 0 aliphatic heterocycles. The van der Waals surface area contributed by atoms with Crippen molar-refractivity contribution < 1.29 is 4.79 Å². The second-order valence-corrected chi connectivity index (χ2v) is 7.47. The average molecular weight is 398 g/mol. The smallest absolute Gasteiger partial charge is 0.197 e. The van der Waals surface area contributed by atoms with Crippen molar-refractivity contribution in [3.63, 3.8) is 0 Å². The van der Waals surface area contributed by atoms with Crippen molar-refractivity contribution >= 4 is 39.1 Å². The molecule has 0 radical (unpaired) electrons. The summed E-state index contributed by atoms with van der Waals surface area (Å²) < 4.78 is 0.993. The van der Waals surface area contributed by atoms with Crippen LogP contribution in [0, 0.1) is 13.8 Å². The third-order valence-corrected chi connectivity index (χ3v) is 5.31. The molecule has 0 bridgehead atoms. The first-order chi connectivity index (χ1) is 11.5. The summed E-state index contributed by atoms with van der Waals surface area (Å²) in [6, 6.07) is 16.0. The van der Waals surface area contributed by atoms with Gasteiger partial charge >= 0.3 is 0 Å². The van der Waals surface area contributed by atoms with Gasteiger partial charge in [0.05, 0.1) is 10.6 Å². The number of aryl methyl sites for hydroxylation is 2. The van der Waals surface area contributed by atoms with Crippen molar-refractivity contribution in [3.05, 3.63) is 80.8 Å². The molecule has 4 heteroatoms. The van der Waals surface area contributed by atoms with E-state index in [2.05, 4.69) is 40.0 Å². The maximum atomic E-state index is 12.5. The molecule has 0 aliphatic carbocycles. The topological polar surface area (TPSA) is 30.0 Å². The first-order valence-electron chi connectivity index (χ1n) is 7.55. The van der Waals surface area contributed by atoms with Crippen LogP contribution in [0.5, 0.6) is 0 Å². The van der Waals surface area contributed by atoms with Crippen molar-refractivity contribution in [1.82, 2.24) is 4.98 Å². The van der Waals surface area contributed by atoms with Gasteiger partial charge in [0.1, 0.15) is 5.01 Å². The number of hydrogen-bond donors (Lipinski definition) is 0. The largest absolute Gasteiger partial charge is 0.288 e. The molecule has 0 saturated heterocycles. The van der Waals surface area contributed by atoms with Gasteiger partial charge in [-0.2, -0.15) is 0 Å². The fraction of sp³-hybridized carbons (Fsp3) is 0.100. The van der Waals surface area contributed by atoms with Crippen LogP contribution >= 0.6 is 27.3 Å². The summed E-state index contributed by atoms with van der Waals surface area (Å²) in [7, 11) is 0. The van der Waals surface area contributed by atoms with E-state index in [0.717, 1.165) is 26.3 Å². The van der Waals surface area contributed by atoms with Crippen LogP contribution in [0.15, 0.2) is 59.1 Å². The Morgan fingerprint density at radius 2 is 1.88 bits per heavy atom. The second kappa shape index (κ2) is 7.24. The third kappa shape index (κ3) is 3.89. The molecule has 0 atom stereocenters. The van der Waals surface area contributed by atoms with Crippen LogP contribution in [-0.2, 0) is 0 Å². The van der Waals surface area contributed by atoms with E-state index >= 15 is 0 Å². The lowest BCUT2D eigenvalue weighted by Gasteiger charge is -1.96. The highest BCUT2D eigenvalue weighted by molar-refractivity contribution is 9.10. The molecule has 0 fully saturated rings. The van der Waals surface area contributed by atoms with Crippen LogP contribution in [0.3, 0.4) is 0 Å². The number of aromatic nitrogens is 1. The number of ketones is 1. The standard InChI is InChI=1S/C20H16BrNOS/c1-13-6-9-16(10-7-13)20-22-14(2)19(24-20)18(23)11-8-15-4-3-5-17(21)12-15/h3-12H,1-2H3/b11-8+. The van der Waals surface area contributed by atoms with E-state index < -0.39 is 0 Å². The number of carbonyl (C=O) groups is 1. The molecule has 1 heterocycles. The summed E-state index contributed by atoms with van der Waals surface area (Å²) in [5, 5.41) is 0.881. The molecule has 0 N–H and O–H groups in total. The van der Waals surface area contributed by atoms with Crippen molar-refractivity contribution in [1.29, 1.82) is 0 Å². The zero-order chi connectivity index (χ0) is 17.1. The van der Waals surface area contributed by atoms with E-state index in [1.54, 1.807) is 6.08 Å². The van der Waals surface area contributed by atoms with Gasteiger partial charge in [0.25, 0.3) is 0 Å². The maximum absolute atomic E-state index is 12.5. The highest BCUT2D eigenvalue weighted by Crippen LogP contribution is 2.28. The van der Waals surface area contributed by atoms with E-state index in [1.807, 2.05) is 49.4 Å². The molecule has 24 heavy (non-hydrogen) atoms. The van der Waals surface area contributed by atoms with Crippen molar-refractivity contribution in [3.8, 4) is 10.6 Å². The number of carbonyl (C=O) groups excluding carboxylic acids is 1. The monoisotopic (exact) mass is 397 g/mol. The van der Waals surface area contributed by atoms with Gasteiger partial charge in [0, 0.05) is 10.0 Å². The van der Waals surface area contributed by atoms with E-state index in [-0.39, 0.29) is 5.78 Å². The third-order valence-electron chi connectivity index (χ3n) is 3.59. The zero-order valence-electron chi connectivity index (χ0n) is 13.4. The van der Waals surface area contributed by atoms with Gasteiger partial charge in [-0.25, -0.2) is 4.98 Å². The lowest BCUT2D eigenvalue weighted by molar-refractivity contribution is 0.105. The minimum absolute atomic E-state index is 0.0108. The Hall–Kier alpha value is -2.04. The predicted molar refractivity (Wildman–Crippen MR) is 105 cm³/mol. The minimum Gasteiger partial charge on any atom is -0.288 e. The molecule has 2 aromatic carbocycles. The Kier molecular flexibility index (Phi) is 5.07. The number of benzene rings is 2. The quantitative estimate of drug-likeness (QED) is 0.394. The molecule has 120 valence electrons. The van der Waals surface area contributed by atoms with E-state index in [0.29, 0.717) is 4.88 Å². The van der Waals surface area contributed by atoms with Crippen LogP contribution in [0.25, 0.3) is 16.6 Å². The number of hydrogen-bond acceptors (Lipinski definition) is 3. The van der Waals surface area contributed by atoms with E-state index in [4.69, 9.17) is 0 Å². The lowest BCUT2D eigenvalue weighted by atomic mass is 10.1.